The molecule has 4 heteroatoms. The molecule has 2 aliphatic rings. The number of hydrogen-bond acceptors (Lipinski definition) is 3. The Bertz CT molecular complexity index is 999. The smallest absolute Gasteiger partial charge is 0.120 e. The van der Waals surface area contributed by atoms with E-state index in [4.69, 9.17) is 4.74 Å². The maximum atomic E-state index is 9.89. The van der Waals surface area contributed by atoms with Crippen LogP contribution < -0.4 is 4.74 Å². The van der Waals surface area contributed by atoms with E-state index < -0.39 is 0 Å². The molecule has 1 aromatic heterocycles. The molecule has 0 bridgehead atoms. The average Bonchev–Trinajstić information content (AvgIpc) is 3.17. The topological polar surface area (TPSA) is 37.6 Å². The molecule has 1 N–H and O–H groups in total. The third-order valence-corrected chi connectivity index (χ3v) is 7.31. The fraction of sp³-hybridized carbons (Fsp3) is 0.500. The second-order valence-corrected chi connectivity index (χ2v) is 9.77. The van der Waals surface area contributed by atoms with Crippen molar-refractivity contribution in [3.05, 3.63) is 65.9 Å². The lowest BCUT2D eigenvalue weighted by molar-refractivity contribution is 0.0794. The molecule has 2 aromatic carbocycles. The molecule has 1 aliphatic carbocycles. The van der Waals surface area contributed by atoms with Gasteiger partial charge in [0.1, 0.15) is 12.4 Å². The zero-order chi connectivity index (χ0) is 21.8. The molecule has 3 aromatic rings. The lowest BCUT2D eigenvalue weighted by atomic mass is 9.89. The number of aromatic nitrogens is 1. The number of nitrogens with zero attached hydrogens (tertiary/aromatic N) is 2. The average molecular weight is 433 g/mol. The Morgan fingerprint density at radius 1 is 0.906 bits per heavy atom. The third kappa shape index (κ3) is 5.19. The minimum atomic E-state index is -0.128. The van der Waals surface area contributed by atoms with Gasteiger partial charge < -0.3 is 14.4 Å². The molecule has 1 aliphatic heterocycles. The van der Waals surface area contributed by atoms with E-state index in [1.807, 2.05) is 6.07 Å². The summed E-state index contributed by atoms with van der Waals surface area (Å²) < 4.78 is 8.66. The first-order valence-electron chi connectivity index (χ1n) is 12.4. The van der Waals surface area contributed by atoms with E-state index in [0.717, 1.165) is 50.7 Å². The van der Waals surface area contributed by atoms with Crippen molar-refractivity contribution in [3.8, 4) is 5.75 Å². The predicted octanol–water partition coefficient (Wildman–Crippen LogP) is 5.76. The van der Waals surface area contributed by atoms with Crippen LogP contribution in [0.3, 0.4) is 0 Å². The van der Waals surface area contributed by atoms with Gasteiger partial charge in [0.05, 0.1) is 6.10 Å². The van der Waals surface area contributed by atoms with Crippen molar-refractivity contribution < 1.29 is 9.84 Å². The second kappa shape index (κ2) is 10.1. The molecule has 0 amide bonds. The fourth-order valence-electron chi connectivity index (χ4n) is 5.42. The Morgan fingerprint density at radius 2 is 1.69 bits per heavy atom. The lowest BCUT2D eigenvalue weighted by Crippen LogP contribution is -2.35. The number of fused-ring (bicyclic) bond motifs is 1. The third-order valence-electron chi connectivity index (χ3n) is 7.31. The summed E-state index contributed by atoms with van der Waals surface area (Å²) in [5.74, 6) is 1.73. The molecule has 0 atom stereocenters. The minimum Gasteiger partial charge on any atom is -0.489 e. The van der Waals surface area contributed by atoms with Crippen LogP contribution in [0.1, 0.15) is 56.1 Å². The van der Waals surface area contributed by atoms with Crippen molar-refractivity contribution in [1.82, 2.24) is 9.47 Å². The molecule has 5 rings (SSSR count). The van der Waals surface area contributed by atoms with Crippen LogP contribution in [0, 0.1) is 5.92 Å². The van der Waals surface area contributed by atoms with E-state index in [-0.39, 0.29) is 6.10 Å². The van der Waals surface area contributed by atoms with Crippen LogP contribution in [-0.2, 0) is 19.7 Å². The Labute approximate surface area is 191 Å². The maximum Gasteiger partial charge on any atom is 0.120 e. The molecule has 0 unspecified atom stereocenters. The van der Waals surface area contributed by atoms with Crippen LogP contribution >= 0.6 is 0 Å². The van der Waals surface area contributed by atoms with Gasteiger partial charge in [-0.05, 0) is 60.9 Å². The van der Waals surface area contributed by atoms with Crippen molar-refractivity contribution in [1.29, 1.82) is 0 Å². The van der Waals surface area contributed by atoms with E-state index >= 15 is 0 Å². The van der Waals surface area contributed by atoms with Crippen LogP contribution in [-0.4, -0.2) is 33.8 Å². The zero-order valence-electron chi connectivity index (χ0n) is 19.1. The Kier molecular flexibility index (Phi) is 6.80. The van der Waals surface area contributed by atoms with Crippen LogP contribution in [0.2, 0.25) is 0 Å². The number of benzene rings is 2. The molecule has 4 nitrogen and oxygen atoms in total. The van der Waals surface area contributed by atoms with Crippen molar-refractivity contribution in [2.45, 2.75) is 70.7 Å². The Morgan fingerprint density at radius 3 is 2.47 bits per heavy atom. The normalized spacial score (nSPS) is 18.9. The summed E-state index contributed by atoms with van der Waals surface area (Å²) in [6.07, 6.45) is 10.9. The number of aliphatic hydroxyl groups excluding tert-OH is 1. The standard InChI is InChI=1S/C28H36N2O2/c31-25-13-15-29(16-14-25)19-24-20-30(18-22-7-3-1-4-8-22)28-12-11-26(17-27(24)28)32-21-23-9-5-2-6-10-23/h2,5-6,9-12,17,20,22,25,31H,1,3-4,7-8,13-16,18-19,21H2. The molecule has 2 heterocycles. The van der Waals surface area contributed by atoms with E-state index in [2.05, 4.69) is 58.1 Å². The van der Waals surface area contributed by atoms with E-state index in [0.29, 0.717) is 6.61 Å². The van der Waals surface area contributed by atoms with Gasteiger partial charge in [0.2, 0.25) is 0 Å². The first-order valence-corrected chi connectivity index (χ1v) is 12.4. The van der Waals surface area contributed by atoms with E-state index in [1.54, 1.807) is 0 Å². The molecule has 0 radical (unpaired) electrons. The van der Waals surface area contributed by atoms with Crippen molar-refractivity contribution >= 4 is 10.9 Å². The van der Waals surface area contributed by atoms with Crippen molar-refractivity contribution in [2.24, 2.45) is 5.92 Å². The number of likely N-dealkylation sites (tertiary alicyclic amines) is 1. The summed E-state index contributed by atoms with van der Waals surface area (Å²) in [4.78, 5) is 2.49. The lowest BCUT2D eigenvalue weighted by Gasteiger charge is -2.29. The fourth-order valence-corrected chi connectivity index (χ4v) is 5.42. The van der Waals surface area contributed by atoms with Gasteiger partial charge in [-0.15, -0.1) is 0 Å². The van der Waals surface area contributed by atoms with Gasteiger partial charge in [0, 0.05) is 43.3 Å². The molecular weight excluding hydrogens is 396 g/mol. The van der Waals surface area contributed by atoms with Crippen LogP contribution in [0.25, 0.3) is 10.9 Å². The van der Waals surface area contributed by atoms with Crippen LogP contribution in [0.5, 0.6) is 5.75 Å². The first kappa shape index (κ1) is 21.5. The first-order chi connectivity index (χ1) is 15.7. The van der Waals surface area contributed by atoms with Gasteiger partial charge in [-0.25, -0.2) is 0 Å². The molecule has 170 valence electrons. The summed E-state index contributed by atoms with van der Waals surface area (Å²) in [7, 11) is 0. The summed E-state index contributed by atoms with van der Waals surface area (Å²) in [5, 5.41) is 11.2. The summed E-state index contributed by atoms with van der Waals surface area (Å²) in [6, 6.07) is 17.0. The highest BCUT2D eigenvalue weighted by Crippen LogP contribution is 2.31. The van der Waals surface area contributed by atoms with Gasteiger partial charge in [-0.1, -0.05) is 49.6 Å². The second-order valence-electron chi connectivity index (χ2n) is 9.77. The number of aliphatic hydroxyl groups is 1. The molecular formula is C28H36N2O2. The highest BCUT2D eigenvalue weighted by molar-refractivity contribution is 5.85. The number of ether oxygens (including phenoxy) is 1. The quantitative estimate of drug-likeness (QED) is 0.516. The molecule has 2 fully saturated rings. The predicted molar refractivity (Wildman–Crippen MR) is 130 cm³/mol. The summed E-state index contributed by atoms with van der Waals surface area (Å²) in [6.45, 7) is 4.61. The molecule has 0 spiro atoms. The van der Waals surface area contributed by atoms with Gasteiger partial charge in [-0.3, -0.25) is 4.90 Å². The Hall–Kier alpha value is -2.30. The highest BCUT2D eigenvalue weighted by atomic mass is 16.5. The SMILES string of the molecule is OC1CCN(Cc2cn(CC3CCCCC3)c3ccc(OCc4ccccc4)cc23)CC1. The van der Waals surface area contributed by atoms with Crippen molar-refractivity contribution in [3.63, 3.8) is 0 Å². The van der Waals surface area contributed by atoms with E-state index in [9.17, 15) is 5.11 Å². The van der Waals surface area contributed by atoms with Crippen LogP contribution in [0.15, 0.2) is 54.7 Å². The number of hydrogen-bond donors (Lipinski definition) is 1. The van der Waals surface area contributed by atoms with Gasteiger partial charge in [0.25, 0.3) is 0 Å². The van der Waals surface area contributed by atoms with Gasteiger partial charge >= 0.3 is 0 Å². The number of piperidine rings is 1. The highest BCUT2D eigenvalue weighted by Gasteiger charge is 2.21. The molecule has 32 heavy (non-hydrogen) atoms. The van der Waals surface area contributed by atoms with Crippen LogP contribution in [0.4, 0.5) is 0 Å². The summed E-state index contributed by atoms with van der Waals surface area (Å²) in [5.41, 5.74) is 3.90. The largest absolute Gasteiger partial charge is 0.489 e. The Balaban J connectivity index is 1.39. The zero-order valence-corrected chi connectivity index (χ0v) is 19.1. The van der Waals surface area contributed by atoms with Crippen molar-refractivity contribution in [2.75, 3.05) is 13.1 Å². The van der Waals surface area contributed by atoms with Gasteiger partial charge in [-0.2, -0.15) is 0 Å². The van der Waals surface area contributed by atoms with E-state index in [1.165, 1.54) is 54.1 Å². The maximum absolute atomic E-state index is 9.89. The summed E-state index contributed by atoms with van der Waals surface area (Å²) >= 11 is 0. The molecule has 1 saturated heterocycles. The minimum absolute atomic E-state index is 0.128. The molecule has 1 saturated carbocycles. The monoisotopic (exact) mass is 432 g/mol. The van der Waals surface area contributed by atoms with Gasteiger partial charge in [0.15, 0.2) is 0 Å². The number of rotatable bonds is 7.